The van der Waals surface area contributed by atoms with Crippen LogP contribution in [0.25, 0.3) is 0 Å². The molecule has 1 atom stereocenters. The quantitative estimate of drug-likeness (QED) is 0.0924. The summed E-state index contributed by atoms with van der Waals surface area (Å²) in [6.07, 6.45) is 23.8. The topological polar surface area (TPSA) is 74.6 Å². The summed E-state index contributed by atoms with van der Waals surface area (Å²) in [6.45, 7) is 4.47. The van der Waals surface area contributed by atoms with Crippen molar-refractivity contribution in [2.75, 3.05) is 0 Å². The molecule has 0 aliphatic carbocycles. The monoisotopic (exact) mass is 466 g/mol. The predicted octanol–water partition coefficient (Wildman–Crippen LogP) is 7.58. The second kappa shape index (κ2) is 25.2. The molecule has 2 N–H and O–H groups in total. The summed E-state index contributed by atoms with van der Waals surface area (Å²) in [5.74, 6) is -3.39. The minimum absolute atomic E-state index is 0. The van der Waals surface area contributed by atoms with Crippen molar-refractivity contribution in [3.8, 4) is 0 Å². The second-order valence-electron chi connectivity index (χ2n) is 9.21. The zero-order chi connectivity index (χ0) is 22.5. The van der Waals surface area contributed by atoms with Crippen molar-refractivity contribution in [2.45, 2.75) is 142 Å². The van der Waals surface area contributed by atoms with Gasteiger partial charge >= 0.3 is 63.3 Å². The molecule has 0 heterocycles. The number of carboxylic acids is 2. The first-order valence-corrected chi connectivity index (χ1v) is 13.0. The molecule has 0 saturated heterocycles. The van der Waals surface area contributed by atoms with Crippen LogP contribution in [-0.2, 0) is 9.59 Å². The molecular formula is C26H51KO4. The van der Waals surface area contributed by atoms with Crippen molar-refractivity contribution in [3.05, 3.63) is 0 Å². The van der Waals surface area contributed by atoms with Gasteiger partial charge in [0, 0.05) is 0 Å². The number of carbonyl (C=O) groups is 2. The van der Waals surface area contributed by atoms with Gasteiger partial charge in [0.15, 0.2) is 5.92 Å². The van der Waals surface area contributed by atoms with E-state index in [1.807, 2.05) is 0 Å². The van der Waals surface area contributed by atoms with Crippen molar-refractivity contribution in [1.82, 2.24) is 0 Å². The number of unbranched alkanes of at least 4 members (excludes halogenated alkanes) is 15. The van der Waals surface area contributed by atoms with Crippen molar-refractivity contribution in [1.29, 1.82) is 0 Å². The molecule has 31 heavy (non-hydrogen) atoms. The van der Waals surface area contributed by atoms with Gasteiger partial charge in [-0.05, 0) is 12.3 Å². The number of rotatable bonds is 23. The van der Waals surface area contributed by atoms with Crippen LogP contribution in [0.4, 0.5) is 0 Å². The van der Waals surface area contributed by atoms with E-state index in [2.05, 4.69) is 13.8 Å². The first-order valence-electron chi connectivity index (χ1n) is 13.0. The molecule has 180 valence electrons. The van der Waals surface area contributed by atoms with Crippen molar-refractivity contribution in [2.24, 2.45) is 11.8 Å². The molecule has 0 aromatic carbocycles. The molecule has 4 nitrogen and oxygen atoms in total. The van der Waals surface area contributed by atoms with Crippen LogP contribution in [0.1, 0.15) is 142 Å². The molecule has 0 aromatic rings. The Kier molecular flexibility index (Phi) is 27.4. The third kappa shape index (κ3) is 22.1. The van der Waals surface area contributed by atoms with Gasteiger partial charge in [-0.2, -0.15) is 0 Å². The van der Waals surface area contributed by atoms with E-state index in [1.54, 1.807) is 0 Å². The van der Waals surface area contributed by atoms with Gasteiger partial charge in [0.2, 0.25) is 0 Å². The average Bonchev–Trinajstić information content (AvgIpc) is 2.71. The van der Waals surface area contributed by atoms with Crippen LogP contribution in [0, 0.1) is 11.8 Å². The van der Waals surface area contributed by atoms with E-state index in [4.69, 9.17) is 0 Å². The van der Waals surface area contributed by atoms with Gasteiger partial charge in [0.05, 0.1) is 0 Å². The maximum atomic E-state index is 11.3. The van der Waals surface area contributed by atoms with Crippen LogP contribution in [0.2, 0.25) is 0 Å². The molecule has 1 unspecified atom stereocenters. The van der Waals surface area contributed by atoms with Crippen LogP contribution >= 0.6 is 0 Å². The third-order valence-electron chi connectivity index (χ3n) is 6.35. The Morgan fingerprint density at radius 2 is 0.839 bits per heavy atom. The van der Waals surface area contributed by atoms with Crippen molar-refractivity contribution in [3.63, 3.8) is 0 Å². The summed E-state index contributed by atoms with van der Waals surface area (Å²) in [5, 5.41) is 18.5. The first kappa shape index (κ1) is 33.7. The molecule has 0 bridgehead atoms. The molecule has 0 aliphatic rings. The minimum atomic E-state index is -1.25. The molecule has 0 fully saturated rings. The summed E-state index contributed by atoms with van der Waals surface area (Å²) in [5.41, 5.74) is 0. The molecular weight excluding hydrogens is 415 g/mol. The fourth-order valence-corrected chi connectivity index (χ4v) is 4.33. The number of hydrogen-bond donors (Lipinski definition) is 2. The number of carboxylic acid groups (broad SMARTS) is 2. The Hall–Kier alpha value is 0.576. The molecule has 0 rings (SSSR count). The fraction of sp³-hybridized carbons (Fsp3) is 0.923. The van der Waals surface area contributed by atoms with E-state index >= 15 is 0 Å². The van der Waals surface area contributed by atoms with Gasteiger partial charge in [0.25, 0.3) is 0 Å². The van der Waals surface area contributed by atoms with Crippen molar-refractivity contribution < 1.29 is 19.8 Å². The van der Waals surface area contributed by atoms with E-state index in [1.165, 1.54) is 96.3 Å². The molecule has 0 spiro atoms. The Morgan fingerprint density at radius 3 is 1.13 bits per heavy atom. The number of hydrogen-bond acceptors (Lipinski definition) is 2. The van der Waals surface area contributed by atoms with E-state index in [0.717, 1.165) is 25.7 Å². The third-order valence-corrected chi connectivity index (χ3v) is 6.35. The molecule has 0 aliphatic heterocycles. The van der Waals surface area contributed by atoms with Crippen LogP contribution < -0.4 is 0 Å². The second-order valence-corrected chi connectivity index (χ2v) is 9.21. The first-order chi connectivity index (χ1) is 14.5. The Morgan fingerprint density at radius 1 is 0.548 bits per heavy atom. The summed E-state index contributed by atoms with van der Waals surface area (Å²) < 4.78 is 0. The van der Waals surface area contributed by atoms with Gasteiger partial charge in [-0.15, -0.1) is 0 Å². The molecule has 0 amide bonds. The van der Waals surface area contributed by atoms with Gasteiger partial charge in [0.1, 0.15) is 0 Å². The molecule has 0 saturated carbocycles. The summed E-state index contributed by atoms with van der Waals surface area (Å²) >= 11 is 0. The molecule has 0 radical (unpaired) electrons. The Balaban J connectivity index is 0. The standard InChI is InChI=1S/C26H50O4.K.H/c1-3-5-7-9-11-12-13-15-17-19-21-23(22-24(25(27)28)26(29)30)20-18-16-14-10-8-6-4-2;;/h23-24H,3-22H2,1-2H3,(H,27,28)(H,29,30);;. The van der Waals surface area contributed by atoms with Gasteiger partial charge in [-0.25, -0.2) is 0 Å². The Bertz CT molecular complexity index is 400. The summed E-state index contributed by atoms with van der Waals surface area (Å²) in [6, 6.07) is 0. The fourth-order valence-electron chi connectivity index (χ4n) is 4.33. The zero-order valence-electron chi connectivity index (χ0n) is 20.0. The van der Waals surface area contributed by atoms with Crippen LogP contribution in [-0.4, -0.2) is 73.5 Å². The van der Waals surface area contributed by atoms with E-state index < -0.39 is 17.9 Å². The Labute approximate surface area is 235 Å². The van der Waals surface area contributed by atoms with Gasteiger partial charge in [-0.3, -0.25) is 9.59 Å². The van der Waals surface area contributed by atoms with Crippen LogP contribution in [0.5, 0.6) is 0 Å². The van der Waals surface area contributed by atoms with Gasteiger partial charge < -0.3 is 10.2 Å². The molecule has 5 heteroatoms. The number of aliphatic carboxylic acids is 2. The normalized spacial score (nSPS) is 12.0. The van der Waals surface area contributed by atoms with Gasteiger partial charge in [-0.1, -0.05) is 136 Å². The summed E-state index contributed by atoms with van der Waals surface area (Å²) in [7, 11) is 0. The summed E-state index contributed by atoms with van der Waals surface area (Å²) in [4.78, 5) is 22.6. The predicted molar refractivity (Wildman–Crippen MR) is 133 cm³/mol. The van der Waals surface area contributed by atoms with E-state index in [0.29, 0.717) is 0 Å². The van der Waals surface area contributed by atoms with Crippen molar-refractivity contribution >= 4 is 63.3 Å². The van der Waals surface area contributed by atoms with Crippen LogP contribution in [0.15, 0.2) is 0 Å². The SMILES string of the molecule is CCCCCCCCCCCCC(CCCCCCCCC)CC(C(=O)O)C(=O)O.[KH]. The molecule has 0 aromatic heterocycles. The average molecular weight is 467 g/mol. The van der Waals surface area contributed by atoms with E-state index in [-0.39, 0.29) is 63.7 Å². The van der Waals surface area contributed by atoms with E-state index in [9.17, 15) is 19.8 Å². The maximum absolute atomic E-state index is 11.3. The zero-order valence-corrected chi connectivity index (χ0v) is 20.0. The van der Waals surface area contributed by atoms with Crippen LogP contribution in [0.3, 0.4) is 0 Å².